The summed E-state index contributed by atoms with van der Waals surface area (Å²) in [7, 11) is 0. The van der Waals surface area contributed by atoms with Crippen LogP contribution in [0.3, 0.4) is 0 Å². The van der Waals surface area contributed by atoms with Crippen molar-refractivity contribution in [2.24, 2.45) is 0 Å². The highest BCUT2D eigenvalue weighted by Crippen LogP contribution is 2.15. The minimum Gasteiger partial charge on any atom is -0.508 e. The molecule has 0 aromatic heterocycles. The number of benzene rings is 4. The van der Waals surface area contributed by atoms with Gasteiger partial charge >= 0.3 is 0 Å². The summed E-state index contributed by atoms with van der Waals surface area (Å²) in [6.45, 7) is 3.93. The molecular formula is C28H30O5. The Morgan fingerprint density at radius 1 is 0.515 bits per heavy atom. The smallest absolute Gasteiger partial charge is 0.119 e. The van der Waals surface area contributed by atoms with Gasteiger partial charge in [0.05, 0.1) is 19.8 Å². The van der Waals surface area contributed by atoms with E-state index in [9.17, 15) is 0 Å². The molecule has 0 radical (unpaired) electrons. The largest absolute Gasteiger partial charge is 0.508 e. The van der Waals surface area contributed by atoms with Crippen molar-refractivity contribution in [3.05, 3.63) is 120 Å². The molecule has 172 valence electrons. The lowest BCUT2D eigenvalue weighted by Crippen LogP contribution is -1.93. The topological polar surface area (TPSA) is 79.2 Å². The Morgan fingerprint density at radius 3 is 1.24 bits per heavy atom. The fraction of sp³-hybridized carbons (Fsp3) is 0.143. The summed E-state index contributed by atoms with van der Waals surface area (Å²) in [5, 5.41) is 26.2. The molecule has 0 atom stereocenters. The Balaban J connectivity index is 0.000000186. The van der Waals surface area contributed by atoms with Gasteiger partial charge in [0.2, 0.25) is 0 Å². The van der Waals surface area contributed by atoms with E-state index in [2.05, 4.69) is 24.3 Å². The van der Waals surface area contributed by atoms with Crippen LogP contribution >= 0.6 is 0 Å². The molecule has 0 saturated heterocycles. The quantitative estimate of drug-likeness (QED) is 0.303. The van der Waals surface area contributed by atoms with Gasteiger partial charge in [0, 0.05) is 0 Å². The van der Waals surface area contributed by atoms with Gasteiger partial charge in [0.15, 0.2) is 0 Å². The van der Waals surface area contributed by atoms with Crippen LogP contribution in [0.5, 0.6) is 23.0 Å². The summed E-state index contributed by atoms with van der Waals surface area (Å²) in [6, 6.07) is 32.8. The van der Waals surface area contributed by atoms with Crippen molar-refractivity contribution in [3.63, 3.8) is 0 Å². The number of hydrogen-bond acceptors (Lipinski definition) is 5. The van der Waals surface area contributed by atoms with E-state index in [0.29, 0.717) is 19.8 Å². The highest BCUT2D eigenvalue weighted by molar-refractivity contribution is 5.30. The van der Waals surface area contributed by atoms with Gasteiger partial charge in [-0.3, -0.25) is 0 Å². The number of ether oxygens (including phenoxy) is 2. The average Bonchev–Trinajstić information content (AvgIpc) is 2.85. The van der Waals surface area contributed by atoms with E-state index < -0.39 is 0 Å². The van der Waals surface area contributed by atoms with Gasteiger partial charge in [-0.15, -0.1) is 0 Å². The average molecular weight is 447 g/mol. The van der Waals surface area contributed by atoms with Gasteiger partial charge in [0.1, 0.15) is 23.0 Å². The normalized spacial score (nSPS) is 9.61. The highest BCUT2D eigenvalue weighted by atomic mass is 16.5. The van der Waals surface area contributed by atoms with Gasteiger partial charge in [0.25, 0.3) is 0 Å². The Morgan fingerprint density at radius 2 is 0.879 bits per heavy atom. The van der Waals surface area contributed by atoms with Crippen molar-refractivity contribution in [2.45, 2.75) is 20.1 Å². The van der Waals surface area contributed by atoms with Crippen LogP contribution in [0.1, 0.15) is 18.1 Å². The first-order valence-corrected chi connectivity index (χ1v) is 10.6. The first-order chi connectivity index (χ1) is 16.1. The molecule has 0 aliphatic heterocycles. The van der Waals surface area contributed by atoms with Gasteiger partial charge in [-0.1, -0.05) is 60.7 Å². The van der Waals surface area contributed by atoms with Crippen molar-refractivity contribution in [1.29, 1.82) is 0 Å². The van der Waals surface area contributed by atoms with E-state index in [-0.39, 0.29) is 17.2 Å². The van der Waals surface area contributed by atoms with Gasteiger partial charge in [-0.2, -0.15) is 0 Å². The molecule has 5 heteroatoms. The molecule has 4 aromatic rings. The maximum Gasteiger partial charge on any atom is 0.119 e. The summed E-state index contributed by atoms with van der Waals surface area (Å²) in [5.74, 6) is 1.40. The minimum absolute atomic E-state index is 0.169. The zero-order valence-corrected chi connectivity index (χ0v) is 18.7. The lowest BCUT2D eigenvalue weighted by Gasteiger charge is -2.03. The first-order valence-electron chi connectivity index (χ1n) is 10.6. The molecule has 0 spiro atoms. The molecule has 0 aliphatic carbocycles. The predicted molar refractivity (Wildman–Crippen MR) is 130 cm³/mol. The highest BCUT2D eigenvalue weighted by Gasteiger charge is 1.93. The predicted octanol–water partition coefficient (Wildman–Crippen LogP) is 6.29. The molecule has 0 saturated carbocycles. The third-order valence-corrected chi connectivity index (χ3v) is 4.22. The first kappa shape index (κ1) is 25.3. The maximum absolute atomic E-state index is 8.87. The summed E-state index contributed by atoms with van der Waals surface area (Å²) in [6.07, 6.45) is 0. The second kappa shape index (κ2) is 14.9. The maximum atomic E-state index is 8.87. The molecule has 3 N–H and O–H groups in total. The lowest BCUT2D eigenvalue weighted by molar-refractivity contribution is 0.107. The fourth-order valence-corrected chi connectivity index (χ4v) is 2.60. The van der Waals surface area contributed by atoms with Gasteiger partial charge in [-0.25, -0.2) is 0 Å². The molecule has 0 amide bonds. The molecule has 0 heterocycles. The van der Waals surface area contributed by atoms with E-state index in [0.717, 1.165) is 5.75 Å². The number of rotatable bonds is 6. The third-order valence-electron chi connectivity index (χ3n) is 4.22. The summed E-state index contributed by atoms with van der Waals surface area (Å²) in [5.41, 5.74) is 2.43. The Kier molecular flexibility index (Phi) is 11.5. The summed E-state index contributed by atoms with van der Waals surface area (Å²) < 4.78 is 10.8. The van der Waals surface area contributed by atoms with Gasteiger partial charge < -0.3 is 24.8 Å². The molecule has 33 heavy (non-hydrogen) atoms. The number of phenolic OH excluding ortho intramolecular Hbond substituents is 3. The second-order valence-electron chi connectivity index (χ2n) is 6.91. The molecular weight excluding hydrogens is 416 g/mol. The SMILES string of the molecule is CCOc1ccc(O)cc1.Oc1ccc(O)cc1.c1ccc(COCc2ccccc2)cc1. The van der Waals surface area contributed by atoms with Crippen LogP contribution in [0.25, 0.3) is 0 Å². The standard InChI is InChI=1S/C14H14O.C8H10O2.C6H6O2/c1-3-7-13(8-4-1)11-15-12-14-9-5-2-6-10-14;1-2-10-8-5-3-7(9)4-6-8;7-5-1-2-6(8)4-3-5/h1-10H,11-12H2;3-6,9H,2H2,1H3;1-4,7-8H. The monoisotopic (exact) mass is 446 g/mol. The van der Waals surface area contributed by atoms with Crippen molar-refractivity contribution in [3.8, 4) is 23.0 Å². The minimum atomic E-state index is 0.169. The fourth-order valence-electron chi connectivity index (χ4n) is 2.60. The summed E-state index contributed by atoms with van der Waals surface area (Å²) >= 11 is 0. The van der Waals surface area contributed by atoms with Crippen molar-refractivity contribution in [2.75, 3.05) is 6.61 Å². The van der Waals surface area contributed by atoms with E-state index in [1.807, 2.05) is 43.3 Å². The van der Waals surface area contributed by atoms with Crippen LogP contribution in [0, 0.1) is 0 Å². The number of hydrogen-bond donors (Lipinski definition) is 3. The molecule has 0 fully saturated rings. The number of phenols is 3. The van der Waals surface area contributed by atoms with Crippen LogP contribution in [0.2, 0.25) is 0 Å². The van der Waals surface area contributed by atoms with Crippen LogP contribution in [0.4, 0.5) is 0 Å². The van der Waals surface area contributed by atoms with E-state index in [1.165, 1.54) is 35.4 Å². The van der Waals surface area contributed by atoms with Crippen LogP contribution in [0.15, 0.2) is 109 Å². The van der Waals surface area contributed by atoms with E-state index in [4.69, 9.17) is 24.8 Å². The van der Waals surface area contributed by atoms with Crippen molar-refractivity contribution < 1.29 is 24.8 Å². The van der Waals surface area contributed by atoms with E-state index in [1.54, 1.807) is 24.3 Å². The summed E-state index contributed by atoms with van der Waals surface area (Å²) in [4.78, 5) is 0. The Hall–Kier alpha value is -3.96. The Bertz CT molecular complexity index is 941. The van der Waals surface area contributed by atoms with Gasteiger partial charge in [-0.05, 0) is 66.6 Å². The van der Waals surface area contributed by atoms with Crippen molar-refractivity contribution >= 4 is 0 Å². The van der Waals surface area contributed by atoms with E-state index >= 15 is 0 Å². The molecule has 4 rings (SSSR count). The molecule has 0 aliphatic rings. The van der Waals surface area contributed by atoms with Crippen LogP contribution in [-0.4, -0.2) is 21.9 Å². The molecule has 4 aromatic carbocycles. The third kappa shape index (κ3) is 11.3. The molecule has 5 nitrogen and oxygen atoms in total. The Labute approximate surface area is 195 Å². The number of aromatic hydroxyl groups is 3. The molecule has 0 unspecified atom stereocenters. The van der Waals surface area contributed by atoms with Crippen molar-refractivity contribution in [1.82, 2.24) is 0 Å². The second-order valence-corrected chi connectivity index (χ2v) is 6.91. The van der Waals surface area contributed by atoms with Crippen LogP contribution < -0.4 is 4.74 Å². The lowest BCUT2D eigenvalue weighted by atomic mass is 10.2. The zero-order valence-electron chi connectivity index (χ0n) is 18.7. The zero-order chi connectivity index (χ0) is 23.7. The molecule has 0 bridgehead atoms. The van der Waals surface area contributed by atoms with Crippen LogP contribution in [-0.2, 0) is 18.0 Å².